The minimum atomic E-state index is -0.513. The molecule has 0 saturated carbocycles. The van der Waals surface area contributed by atoms with Crippen molar-refractivity contribution in [2.75, 3.05) is 12.9 Å². The monoisotopic (exact) mass is 382 g/mol. The van der Waals surface area contributed by atoms with Crippen molar-refractivity contribution in [3.8, 4) is 0 Å². The van der Waals surface area contributed by atoms with Crippen molar-refractivity contribution in [3.05, 3.63) is 46.6 Å². The van der Waals surface area contributed by atoms with E-state index in [9.17, 15) is 4.79 Å². The van der Waals surface area contributed by atoms with Gasteiger partial charge in [-0.05, 0) is 12.0 Å². The minimum Gasteiger partial charge on any atom is -0.465 e. The molecule has 0 saturated heterocycles. The molecule has 0 N–H and O–H groups in total. The molecule has 2 aromatic rings. The highest BCUT2D eigenvalue weighted by molar-refractivity contribution is 7.99. The quantitative estimate of drug-likeness (QED) is 0.208. The molecular formula is C17H19ClN2O2S2. The summed E-state index contributed by atoms with van der Waals surface area (Å²) in [5.41, 5.74) is 1.38. The summed E-state index contributed by atoms with van der Waals surface area (Å²) in [6.45, 7) is 2.13. The van der Waals surface area contributed by atoms with E-state index in [1.54, 1.807) is 11.8 Å². The molecule has 0 aliphatic rings. The maximum atomic E-state index is 12.0. The molecule has 4 nitrogen and oxygen atoms in total. The molecule has 1 aromatic heterocycles. The first kappa shape index (κ1) is 19.1. The number of nitrogens with zero attached hydrogens (tertiary/aromatic N) is 2. The summed E-state index contributed by atoms with van der Waals surface area (Å²) >= 11 is 9.24. The van der Waals surface area contributed by atoms with Crippen molar-refractivity contribution >= 4 is 41.1 Å². The molecule has 1 heterocycles. The van der Waals surface area contributed by atoms with E-state index in [1.165, 1.54) is 18.9 Å². The van der Waals surface area contributed by atoms with Crippen molar-refractivity contribution in [2.24, 2.45) is 0 Å². The number of thioether (sulfide) groups is 2. The standard InChI is InChI=1S/C17H19ClN2O2S2/c1-3-4-10-23-17-19-14(18)13(16(21)22-2)15(20-17)24-11-12-8-6-5-7-9-12/h5-9H,3-4,10-11H2,1-2H3. The van der Waals surface area contributed by atoms with Gasteiger partial charge in [0.2, 0.25) is 0 Å². The minimum absolute atomic E-state index is 0.145. The van der Waals surface area contributed by atoms with Crippen LogP contribution in [0.5, 0.6) is 0 Å². The third kappa shape index (κ3) is 5.40. The molecule has 0 unspecified atom stereocenters. The normalized spacial score (nSPS) is 10.6. The van der Waals surface area contributed by atoms with E-state index >= 15 is 0 Å². The lowest BCUT2D eigenvalue weighted by Crippen LogP contribution is -2.08. The number of esters is 1. The van der Waals surface area contributed by atoms with E-state index in [4.69, 9.17) is 16.3 Å². The summed E-state index contributed by atoms with van der Waals surface area (Å²) < 4.78 is 4.82. The molecule has 0 aliphatic carbocycles. The number of methoxy groups -OCH3 is 1. The number of carbonyl (C=O) groups excluding carboxylic acids is 1. The number of hydrogen-bond donors (Lipinski definition) is 0. The summed E-state index contributed by atoms with van der Waals surface area (Å²) in [6, 6.07) is 10.00. The van der Waals surface area contributed by atoms with E-state index in [-0.39, 0.29) is 10.7 Å². The van der Waals surface area contributed by atoms with Crippen LogP contribution >= 0.6 is 35.1 Å². The Morgan fingerprint density at radius 2 is 1.96 bits per heavy atom. The fraction of sp³-hybridized carbons (Fsp3) is 0.353. The lowest BCUT2D eigenvalue weighted by molar-refractivity contribution is 0.0595. The summed E-state index contributed by atoms with van der Waals surface area (Å²) in [6.07, 6.45) is 2.19. The SMILES string of the molecule is CCCCSc1nc(Cl)c(C(=O)OC)c(SCc2ccccc2)n1. The predicted molar refractivity (Wildman–Crippen MR) is 100 cm³/mol. The Bertz CT molecular complexity index is 684. The van der Waals surface area contributed by atoms with Crippen LogP contribution < -0.4 is 0 Å². The van der Waals surface area contributed by atoms with Gasteiger partial charge in [0.05, 0.1) is 7.11 Å². The van der Waals surface area contributed by atoms with Gasteiger partial charge >= 0.3 is 5.97 Å². The van der Waals surface area contributed by atoms with E-state index in [0.29, 0.717) is 15.9 Å². The molecule has 0 atom stereocenters. The summed E-state index contributed by atoms with van der Waals surface area (Å²) in [4.78, 5) is 20.8. The van der Waals surface area contributed by atoms with Gasteiger partial charge in [-0.15, -0.1) is 11.8 Å². The van der Waals surface area contributed by atoms with Crippen LogP contribution in [-0.4, -0.2) is 28.8 Å². The number of unbranched alkanes of at least 4 members (excludes halogenated alkanes) is 1. The molecule has 0 aliphatic heterocycles. The smallest absolute Gasteiger partial charge is 0.343 e. The fourth-order valence-electron chi connectivity index (χ4n) is 1.87. The van der Waals surface area contributed by atoms with Crippen molar-refractivity contribution in [2.45, 2.75) is 35.7 Å². The number of aromatic nitrogens is 2. The first-order valence-electron chi connectivity index (χ1n) is 7.61. The maximum absolute atomic E-state index is 12.0. The van der Waals surface area contributed by atoms with Crippen LogP contribution in [0.15, 0.2) is 40.5 Å². The second kappa shape index (κ2) is 9.91. The molecule has 128 valence electrons. The molecule has 0 radical (unpaired) electrons. The number of halogens is 1. The zero-order chi connectivity index (χ0) is 17.4. The maximum Gasteiger partial charge on any atom is 0.343 e. The number of rotatable bonds is 8. The molecule has 0 bridgehead atoms. The highest BCUT2D eigenvalue weighted by atomic mass is 35.5. The Morgan fingerprint density at radius 1 is 1.21 bits per heavy atom. The molecule has 0 fully saturated rings. The van der Waals surface area contributed by atoms with Gasteiger partial charge in [-0.3, -0.25) is 0 Å². The Morgan fingerprint density at radius 3 is 2.62 bits per heavy atom. The Kier molecular flexibility index (Phi) is 7.88. The zero-order valence-electron chi connectivity index (χ0n) is 13.6. The Labute approximate surface area is 155 Å². The van der Waals surface area contributed by atoms with Gasteiger partial charge in [0.1, 0.15) is 15.7 Å². The first-order chi connectivity index (χ1) is 11.7. The predicted octanol–water partition coefficient (Wildman–Crippen LogP) is 5.10. The lowest BCUT2D eigenvalue weighted by Gasteiger charge is -2.10. The molecule has 1 aromatic carbocycles. The van der Waals surface area contributed by atoms with Crippen molar-refractivity contribution in [1.82, 2.24) is 9.97 Å². The molecule has 0 spiro atoms. The average Bonchev–Trinajstić information content (AvgIpc) is 2.60. The van der Waals surface area contributed by atoms with Gasteiger partial charge in [-0.2, -0.15) is 0 Å². The van der Waals surface area contributed by atoms with Gasteiger partial charge in [0.15, 0.2) is 5.16 Å². The largest absolute Gasteiger partial charge is 0.465 e. The van der Waals surface area contributed by atoms with Gasteiger partial charge in [-0.25, -0.2) is 14.8 Å². The van der Waals surface area contributed by atoms with E-state index in [1.807, 2.05) is 30.3 Å². The molecular weight excluding hydrogens is 364 g/mol. The lowest BCUT2D eigenvalue weighted by atomic mass is 10.2. The number of benzene rings is 1. The third-order valence-corrected chi connectivity index (χ3v) is 5.40. The highest BCUT2D eigenvalue weighted by Gasteiger charge is 2.21. The Balaban J connectivity index is 2.24. The van der Waals surface area contributed by atoms with E-state index in [0.717, 1.165) is 24.2 Å². The second-order valence-electron chi connectivity index (χ2n) is 4.95. The number of ether oxygens (including phenoxy) is 1. The zero-order valence-corrected chi connectivity index (χ0v) is 16.0. The summed E-state index contributed by atoms with van der Waals surface area (Å²) in [5, 5.41) is 1.30. The van der Waals surface area contributed by atoms with Crippen molar-refractivity contribution < 1.29 is 9.53 Å². The van der Waals surface area contributed by atoms with Gasteiger partial charge in [-0.1, -0.05) is 67.0 Å². The highest BCUT2D eigenvalue weighted by Crippen LogP contribution is 2.31. The number of carbonyl (C=O) groups is 1. The van der Waals surface area contributed by atoms with Crippen LogP contribution in [0.4, 0.5) is 0 Å². The summed E-state index contributed by atoms with van der Waals surface area (Å²) in [7, 11) is 1.33. The van der Waals surface area contributed by atoms with Crippen molar-refractivity contribution in [1.29, 1.82) is 0 Å². The fourth-order valence-corrected chi connectivity index (χ4v) is 4.18. The van der Waals surface area contributed by atoms with E-state index in [2.05, 4.69) is 16.9 Å². The van der Waals surface area contributed by atoms with E-state index < -0.39 is 5.97 Å². The van der Waals surface area contributed by atoms with Crippen LogP contribution in [0.1, 0.15) is 35.7 Å². The van der Waals surface area contributed by atoms with Crippen LogP contribution in [0.25, 0.3) is 0 Å². The van der Waals surface area contributed by atoms with Gasteiger partial charge in [0, 0.05) is 11.5 Å². The van der Waals surface area contributed by atoms with Crippen molar-refractivity contribution in [3.63, 3.8) is 0 Å². The van der Waals surface area contributed by atoms with Crippen LogP contribution in [-0.2, 0) is 10.5 Å². The molecule has 24 heavy (non-hydrogen) atoms. The van der Waals surface area contributed by atoms with Gasteiger partial charge in [0.25, 0.3) is 0 Å². The number of hydrogen-bond acceptors (Lipinski definition) is 6. The topological polar surface area (TPSA) is 52.1 Å². The average molecular weight is 383 g/mol. The summed E-state index contributed by atoms with van der Waals surface area (Å²) in [5.74, 6) is 1.10. The van der Waals surface area contributed by atoms with Crippen LogP contribution in [0.2, 0.25) is 5.15 Å². The Hall–Kier alpha value is -1.24. The molecule has 7 heteroatoms. The molecule has 2 rings (SSSR count). The first-order valence-corrected chi connectivity index (χ1v) is 9.96. The molecule has 0 amide bonds. The second-order valence-corrected chi connectivity index (χ2v) is 7.33. The van der Waals surface area contributed by atoms with Crippen LogP contribution in [0.3, 0.4) is 0 Å². The van der Waals surface area contributed by atoms with Gasteiger partial charge < -0.3 is 4.74 Å². The third-order valence-electron chi connectivity index (χ3n) is 3.15. The van der Waals surface area contributed by atoms with Crippen LogP contribution in [0, 0.1) is 0 Å².